The van der Waals surface area contributed by atoms with Crippen LogP contribution in [0.25, 0.3) is 16.7 Å². The predicted octanol–water partition coefficient (Wildman–Crippen LogP) is 0.756. The number of nitrogens with one attached hydrogen (secondary N) is 1. The summed E-state index contributed by atoms with van der Waals surface area (Å²) in [6, 6.07) is 9.33. The van der Waals surface area contributed by atoms with E-state index in [1.807, 2.05) is 30.3 Å². The maximum Gasteiger partial charge on any atom is 0.290 e. The Labute approximate surface area is 140 Å². The highest BCUT2D eigenvalue weighted by Crippen LogP contribution is 2.12. The summed E-state index contributed by atoms with van der Waals surface area (Å²) in [4.78, 5) is 36.6. The van der Waals surface area contributed by atoms with Gasteiger partial charge in [-0.05, 0) is 12.1 Å². The van der Waals surface area contributed by atoms with Crippen molar-refractivity contribution in [2.75, 3.05) is 5.43 Å². The molecule has 0 radical (unpaired) electrons. The van der Waals surface area contributed by atoms with Gasteiger partial charge in [-0.2, -0.15) is 5.10 Å². The number of nitrogens with zero attached hydrogens (tertiary/aromatic N) is 6. The molecular formula is C16H11N7O2. The Morgan fingerprint density at radius 1 is 1.04 bits per heavy atom. The van der Waals surface area contributed by atoms with Gasteiger partial charge in [0.2, 0.25) is 0 Å². The summed E-state index contributed by atoms with van der Waals surface area (Å²) in [5, 5.41) is 4.49. The molecule has 1 amide bonds. The molecular weight excluding hydrogens is 322 g/mol. The third kappa shape index (κ3) is 2.63. The monoisotopic (exact) mass is 333 g/mol. The first-order chi connectivity index (χ1) is 12.2. The van der Waals surface area contributed by atoms with Crippen LogP contribution >= 0.6 is 0 Å². The number of para-hydroxylation sites is 1. The molecule has 4 rings (SSSR count). The maximum absolute atomic E-state index is 12.6. The van der Waals surface area contributed by atoms with Crippen molar-refractivity contribution in [3.63, 3.8) is 0 Å². The van der Waals surface area contributed by atoms with Crippen LogP contribution in [0.1, 0.15) is 10.5 Å². The van der Waals surface area contributed by atoms with Gasteiger partial charge in [-0.15, -0.1) is 0 Å². The molecule has 0 aliphatic carbocycles. The van der Waals surface area contributed by atoms with E-state index in [0.29, 0.717) is 5.65 Å². The number of fused-ring (bicyclic) bond motifs is 1. The second-order valence-corrected chi connectivity index (χ2v) is 5.08. The molecule has 1 aromatic carbocycles. The first-order valence-corrected chi connectivity index (χ1v) is 7.32. The van der Waals surface area contributed by atoms with Gasteiger partial charge in [-0.25, -0.2) is 19.3 Å². The van der Waals surface area contributed by atoms with E-state index in [2.05, 4.69) is 25.5 Å². The average molecular weight is 333 g/mol. The fourth-order valence-electron chi connectivity index (χ4n) is 2.33. The minimum atomic E-state index is -0.563. The molecule has 3 aromatic heterocycles. The van der Waals surface area contributed by atoms with Crippen LogP contribution in [0, 0.1) is 0 Å². The number of hydrogen-bond donors (Lipinski definition) is 1. The summed E-state index contributed by atoms with van der Waals surface area (Å²) in [6.45, 7) is 0. The Hall–Kier alpha value is -3.88. The van der Waals surface area contributed by atoms with E-state index in [-0.39, 0.29) is 11.1 Å². The quantitative estimate of drug-likeness (QED) is 0.593. The molecule has 0 unspecified atom stereocenters. The van der Waals surface area contributed by atoms with Crippen molar-refractivity contribution in [2.24, 2.45) is 0 Å². The molecule has 0 saturated heterocycles. The van der Waals surface area contributed by atoms with Crippen molar-refractivity contribution < 1.29 is 4.79 Å². The van der Waals surface area contributed by atoms with E-state index in [1.54, 1.807) is 4.68 Å². The molecule has 122 valence electrons. The lowest BCUT2D eigenvalue weighted by Gasteiger charge is -2.07. The summed E-state index contributed by atoms with van der Waals surface area (Å²) in [5.74, 6) is -0.563. The van der Waals surface area contributed by atoms with Crippen molar-refractivity contribution in [3.8, 4) is 5.69 Å². The van der Waals surface area contributed by atoms with Gasteiger partial charge in [0.15, 0.2) is 5.65 Å². The predicted molar refractivity (Wildman–Crippen MR) is 88.8 cm³/mol. The van der Waals surface area contributed by atoms with E-state index in [0.717, 1.165) is 10.4 Å². The molecule has 4 aromatic rings. The Morgan fingerprint density at radius 3 is 2.64 bits per heavy atom. The average Bonchev–Trinajstić information content (AvgIpc) is 3.10. The van der Waals surface area contributed by atoms with Crippen LogP contribution in [0.15, 0.2) is 66.2 Å². The summed E-state index contributed by atoms with van der Waals surface area (Å²) in [7, 11) is 0. The van der Waals surface area contributed by atoms with E-state index in [1.165, 1.54) is 31.1 Å². The SMILES string of the molecule is O=C(Nn1cnc2c(cnn2-c2ccccc2)c1=O)c1cnccn1. The second kappa shape index (κ2) is 5.96. The lowest BCUT2D eigenvalue weighted by atomic mass is 10.3. The third-order valence-electron chi connectivity index (χ3n) is 3.51. The van der Waals surface area contributed by atoms with Gasteiger partial charge in [-0.1, -0.05) is 18.2 Å². The number of benzene rings is 1. The number of aromatic nitrogens is 6. The molecule has 9 heteroatoms. The van der Waals surface area contributed by atoms with Crippen molar-refractivity contribution in [1.29, 1.82) is 0 Å². The Morgan fingerprint density at radius 2 is 1.88 bits per heavy atom. The van der Waals surface area contributed by atoms with E-state index < -0.39 is 11.5 Å². The first-order valence-electron chi connectivity index (χ1n) is 7.32. The zero-order valence-corrected chi connectivity index (χ0v) is 12.8. The Kier molecular flexibility index (Phi) is 3.51. The first kappa shape index (κ1) is 14.7. The highest BCUT2D eigenvalue weighted by Gasteiger charge is 2.14. The second-order valence-electron chi connectivity index (χ2n) is 5.08. The van der Waals surface area contributed by atoms with Crippen LogP contribution in [-0.2, 0) is 0 Å². The summed E-state index contributed by atoms with van der Waals surface area (Å²) in [6.07, 6.45) is 6.81. The van der Waals surface area contributed by atoms with Gasteiger partial charge in [0.1, 0.15) is 17.4 Å². The maximum atomic E-state index is 12.6. The molecule has 0 atom stereocenters. The van der Waals surface area contributed by atoms with Crippen molar-refractivity contribution in [1.82, 2.24) is 29.4 Å². The zero-order chi connectivity index (χ0) is 17.2. The largest absolute Gasteiger partial charge is 0.290 e. The van der Waals surface area contributed by atoms with Crippen LogP contribution < -0.4 is 11.0 Å². The van der Waals surface area contributed by atoms with Gasteiger partial charge < -0.3 is 0 Å². The van der Waals surface area contributed by atoms with Gasteiger partial charge in [-0.3, -0.25) is 20.0 Å². The fourth-order valence-corrected chi connectivity index (χ4v) is 2.33. The molecule has 1 N–H and O–H groups in total. The van der Waals surface area contributed by atoms with E-state index in [9.17, 15) is 9.59 Å². The normalized spacial score (nSPS) is 10.7. The van der Waals surface area contributed by atoms with Crippen LogP contribution in [0.3, 0.4) is 0 Å². The number of hydrogen-bond acceptors (Lipinski definition) is 6. The minimum absolute atomic E-state index is 0.0921. The van der Waals surface area contributed by atoms with Gasteiger partial charge in [0.25, 0.3) is 11.5 Å². The number of rotatable bonds is 3. The topological polar surface area (TPSA) is 108 Å². The third-order valence-corrected chi connectivity index (χ3v) is 3.51. The number of carbonyl (C=O) groups is 1. The molecule has 3 heterocycles. The highest BCUT2D eigenvalue weighted by molar-refractivity contribution is 5.98. The lowest BCUT2D eigenvalue weighted by Crippen LogP contribution is -2.33. The fraction of sp³-hybridized carbons (Fsp3) is 0. The van der Waals surface area contributed by atoms with Gasteiger partial charge in [0, 0.05) is 12.4 Å². The Bertz CT molecular complexity index is 1100. The molecule has 0 aliphatic heterocycles. The van der Waals surface area contributed by atoms with Crippen LogP contribution in [0.4, 0.5) is 0 Å². The highest BCUT2D eigenvalue weighted by atomic mass is 16.2. The standard InChI is InChI=1S/C16H11N7O2/c24-15(13-9-17-6-7-18-13)21-22-10-19-14-12(16(22)25)8-20-23(14)11-4-2-1-3-5-11/h1-10H,(H,21,24). The lowest BCUT2D eigenvalue weighted by molar-refractivity contribution is 0.100. The summed E-state index contributed by atoms with van der Waals surface area (Å²) in [5.41, 5.74) is 3.27. The number of amides is 1. The number of carbonyl (C=O) groups excluding carboxylic acids is 1. The van der Waals surface area contributed by atoms with Crippen molar-refractivity contribution >= 4 is 16.9 Å². The molecule has 25 heavy (non-hydrogen) atoms. The van der Waals surface area contributed by atoms with Crippen molar-refractivity contribution in [3.05, 3.63) is 77.5 Å². The van der Waals surface area contributed by atoms with Crippen molar-refractivity contribution in [2.45, 2.75) is 0 Å². The molecule has 0 spiro atoms. The molecule has 0 saturated carbocycles. The van der Waals surface area contributed by atoms with Crippen LogP contribution in [0.5, 0.6) is 0 Å². The van der Waals surface area contributed by atoms with E-state index in [4.69, 9.17) is 0 Å². The van der Waals surface area contributed by atoms with Gasteiger partial charge >= 0.3 is 0 Å². The smallest absolute Gasteiger partial charge is 0.267 e. The van der Waals surface area contributed by atoms with Gasteiger partial charge in [0.05, 0.1) is 18.1 Å². The van der Waals surface area contributed by atoms with Crippen LogP contribution in [0.2, 0.25) is 0 Å². The Balaban J connectivity index is 1.72. The molecule has 0 bridgehead atoms. The molecule has 0 fully saturated rings. The minimum Gasteiger partial charge on any atom is -0.267 e. The van der Waals surface area contributed by atoms with E-state index >= 15 is 0 Å². The zero-order valence-electron chi connectivity index (χ0n) is 12.8. The summed E-state index contributed by atoms with van der Waals surface area (Å²) >= 11 is 0. The summed E-state index contributed by atoms with van der Waals surface area (Å²) < 4.78 is 2.56. The molecule has 9 nitrogen and oxygen atoms in total. The molecule has 0 aliphatic rings. The van der Waals surface area contributed by atoms with Crippen LogP contribution in [-0.4, -0.2) is 35.3 Å².